The van der Waals surface area contributed by atoms with Crippen LogP contribution >= 0.6 is 0 Å². The molecule has 0 bridgehead atoms. The number of hydrogen-bond acceptors (Lipinski definition) is 2. The van der Waals surface area contributed by atoms with E-state index in [1.807, 2.05) is 19.1 Å². The topological polar surface area (TPSA) is 31.0 Å². The van der Waals surface area contributed by atoms with Gasteiger partial charge in [0.25, 0.3) is 0 Å². The highest BCUT2D eigenvalue weighted by Crippen LogP contribution is 2.41. The van der Waals surface area contributed by atoms with E-state index in [0.29, 0.717) is 17.0 Å². The Balaban J connectivity index is 0.00000116. The third-order valence-electron chi connectivity index (χ3n) is 8.94. The van der Waals surface area contributed by atoms with Gasteiger partial charge in [0, 0.05) is 28.1 Å². The second-order valence-corrected chi connectivity index (χ2v) is 12.1. The summed E-state index contributed by atoms with van der Waals surface area (Å²) in [5, 5.41) is 2.46. The molecule has 4 heteroatoms. The van der Waals surface area contributed by atoms with E-state index in [2.05, 4.69) is 150 Å². The summed E-state index contributed by atoms with van der Waals surface area (Å²) in [5.41, 5.74) is 12.3. The first-order chi connectivity index (χ1) is 24.6. The van der Waals surface area contributed by atoms with Gasteiger partial charge in [0.2, 0.25) is 5.89 Å². The zero-order chi connectivity index (χ0) is 34.0. The standard InChI is InChI=1S/C43H27FN2O.C3H6/c44-31-23-24-39-42(27-31)47-43(45-39)29-20-18-28(19-21-29)33-12-4-6-14-35(33)36-15-7-5-13-34(36)30-22-25-41-38(26-30)37-16-8-9-17-40(37)46(41)32-10-2-1-3-11-32;1-3-2/h1-27H;3H,1H2,2H3. The minimum atomic E-state index is -0.341. The van der Waals surface area contributed by atoms with Gasteiger partial charge in [-0.1, -0.05) is 109 Å². The third-order valence-corrected chi connectivity index (χ3v) is 8.94. The van der Waals surface area contributed by atoms with Crippen molar-refractivity contribution >= 4 is 32.9 Å². The van der Waals surface area contributed by atoms with Crippen LogP contribution in [0.2, 0.25) is 0 Å². The molecule has 0 fully saturated rings. The van der Waals surface area contributed by atoms with Crippen LogP contribution in [0.5, 0.6) is 0 Å². The van der Waals surface area contributed by atoms with E-state index in [1.54, 1.807) is 12.1 Å². The molecule has 0 atom stereocenters. The van der Waals surface area contributed by atoms with Gasteiger partial charge < -0.3 is 8.98 Å². The van der Waals surface area contributed by atoms with Crippen molar-refractivity contribution in [1.29, 1.82) is 0 Å². The molecule has 3 nitrogen and oxygen atoms in total. The average molecular weight is 649 g/mol. The van der Waals surface area contributed by atoms with Crippen molar-refractivity contribution in [3.63, 3.8) is 0 Å². The predicted molar refractivity (Wildman–Crippen MR) is 206 cm³/mol. The van der Waals surface area contributed by atoms with E-state index in [4.69, 9.17) is 4.42 Å². The van der Waals surface area contributed by atoms with Gasteiger partial charge in [-0.15, -0.1) is 6.58 Å². The van der Waals surface area contributed by atoms with Crippen LogP contribution in [0.4, 0.5) is 4.39 Å². The second-order valence-electron chi connectivity index (χ2n) is 12.1. The number of para-hydroxylation sites is 2. The van der Waals surface area contributed by atoms with Crippen molar-refractivity contribution in [2.24, 2.45) is 0 Å². The molecule has 240 valence electrons. The Kier molecular flexibility index (Phi) is 8.11. The van der Waals surface area contributed by atoms with Crippen molar-refractivity contribution in [2.75, 3.05) is 0 Å². The first-order valence-corrected chi connectivity index (χ1v) is 16.6. The summed E-state index contributed by atoms with van der Waals surface area (Å²) in [6, 6.07) is 55.8. The Morgan fingerprint density at radius 2 is 1.12 bits per heavy atom. The zero-order valence-electron chi connectivity index (χ0n) is 27.6. The molecule has 0 radical (unpaired) electrons. The summed E-state index contributed by atoms with van der Waals surface area (Å²) in [5.74, 6) is 0.131. The zero-order valence-corrected chi connectivity index (χ0v) is 27.6. The van der Waals surface area contributed by atoms with Crippen LogP contribution in [-0.2, 0) is 0 Å². The monoisotopic (exact) mass is 648 g/mol. The molecule has 0 spiro atoms. The van der Waals surface area contributed by atoms with E-state index in [1.165, 1.54) is 50.6 Å². The Labute approximate surface area is 290 Å². The first-order valence-electron chi connectivity index (χ1n) is 16.6. The fraction of sp³-hybridized carbons (Fsp3) is 0.0217. The maximum Gasteiger partial charge on any atom is 0.227 e. The molecule has 0 amide bonds. The van der Waals surface area contributed by atoms with Gasteiger partial charge in [0.05, 0.1) is 11.0 Å². The molecule has 9 rings (SSSR count). The van der Waals surface area contributed by atoms with E-state index < -0.39 is 0 Å². The van der Waals surface area contributed by atoms with Crippen LogP contribution in [0.25, 0.3) is 83.4 Å². The molecule has 50 heavy (non-hydrogen) atoms. The van der Waals surface area contributed by atoms with Crippen LogP contribution in [0.3, 0.4) is 0 Å². The van der Waals surface area contributed by atoms with Gasteiger partial charge >= 0.3 is 0 Å². The Bertz CT molecular complexity index is 2630. The van der Waals surface area contributed by atoms with Crippen molar-refractivity contribution in [3.05, 3.63) is 182 Å². The summed E-state index contributed by atoms with van der Waals surface area (Å²) in [6.45, 7) is 5.25. The lowest BCUT2D eigenvalue weighted by molar-refractivity contribution is 0.602. The second kappa shape index (κ2) is 13.2. The van der Waals surface area contributed by atoms with Crippen molar-refractivity contribution < 1.29 is 8.81 Å². The van der Waals surface area contributed by atoms with Gasteiger partial charge in [-0.2, -0.15) is 0 Å². The van der Waals surface area contributed by atoms with E-state index in [0.717, 1.165) is 27.9 Å². The summed E-state index contributed by atoms with van der Waals surface area (Å²) in [6.07, 6.45) is 1.75. The summed E-state index contributed by atoms with van der Waals surface area (Å²) in [4.78, 5) is 4.56. The fourth-order valence-corrected chi connectivity index (χ4v) is 6.75. The highest BCUT2D eigenvalue weighted by Gasteiger charge is 2.17. The van der Waals surface area contributed by atoms with Crippen molar-refractivity contribution in [1.82, 2.24) is 9.55 Å². The van der Waals surface area contributed by atoms with E-state index in [9.17, 15) is 4.39 Å². The molecule has 0 unspecified atom stereocenters. The SMILES string of the molecule is C=CC.Fc1ccc2nc(-c3ccc(-c4ccccc4-c4ccccc4-c4ccc5c(c4)c4ccccc4n5-c4ccccc4)cc3)oc2c1. The molecular formula is C46H33FN2O. The minimum Gasteiger partial charge on any atom is -0.436 e. The molecule has 0 aliphatic carbocycles. The van der Waals surface area contributed by atoms with E-state index in [-0.39, 0.29) is 5.82 Å². The van der Waals surface area contributed by atoms with E-state index >= 15 is 0 Å². The Morgan fingerprint density at radius 3 is 1.84 bits per heavy atom. The summed E-state index contributed by atoms with van der Waals surface area (Å²) < 4.78 is 21.9. The summed E-state index contributed by atoms with van der Waals surface area (Å²) >= 11 is 0. The predicted octanol–water partition coefficient (Wildman–Crippen LogP) is 12.9. The number of aromatic nitrogens is 2. The number of halogens is 1. The lowest BCUT2D eigenvalue weighted by Gasteiger charge is -2.15. The number of oxazole rings is 1. The number of fused-ring (bicyclic) bond motifs is 4. The third kappa shape index (κ3) is 5.57. The minimum absolute atomic E-state index is 0.341. The van der Waals surface area contributed by atoms with Gasteiger partial charge in [-0.25, -0.2) is 9.37 Å². The molecule has 0 saturated carbocycles. The Hall–Kier alpha value is -6.52. The smallest absolute Gasteiger partial charge is 0.227 e. The molecule has 7 aromatic carbocycles. The molecule has 0 aliphatic rings. The molecule has 9 aromatic rings. The first kappa shape index (κ1) is 30.8. The number of allylic oxidation sites excluding steroid dienone is 1. The van der Waals surface area contributed by atoms with Gasteiger partial charge in [0.1, 0.15) is 11.3 Å². The number of rotatable bonds is 5. The van der Waals surface area contributed by atoms with Crippen molar-refractivity contribution in [3.8, 4) is 50.5 Å². The summed E-state index contributed by atoms with van der Waals surface area (Å²) in [7, 11) is 0. The van der Waals surface area contributed by atoms with Crippen LogP contribution in [0, 0.1) is 5.82 Å². The lowest BCUT2D eigenvalue weighted by atomic mass is 9.89. The normalized spacial score (nSPS) is 11.1. The fourth-order valence-electron chi connectivity index (χ4n) is 6.75. The quantitative estimate of drug-likeness (QED) is 0.174. The van der Waals surface area contributed by atoms with Gasteiger partial charge in [-0.05, 0) is 94.9 Å². The van der Waals surface area contributed by atoms with Gasteiger partial charge in [0.15, 0.2) is 5.58 Å². The lowest BCUT2D eigenvalue weighted by Crippen LogP contribution is -1.93. The largest absolute Gasteiger partial charge is 0.436 e. The maximum absolute atomic E-state index is 13.7. The van der Waals surface area contributed by atoms with Crippen LogP contribution in [0.1, 0.15) is 6.92 Å². The Morgan fingerprint density at radius 1 is 0.560 bits per heavy atom. The highest BCUT2D eigenvalue weighted by molar-refractivity contribution is 6.11. The molecule has 2 aromatic heterocycles. The molecular weight excluding hydrogens is 616 g/mol. The maximum atomic E-state index is 13.7. The molecule has 0 saturated heterocycles. The van der Waals surface area contributed by atoms with Crippen LogP contribution in [0.15, 0.2) is 181 Å². The average Bonchev–Trinajstić information content (AvgIpc) is 3.74. The number of nitrogens with zero attached hydrogens (tertiary/aromatic N) is 2. The van der Waals surface area contributed by atoms with Crippen LogP contribution < -0.4 is 0 Å². The number of hydrogen-bond donors (Lipinski definition) is 0. The van der Waals surface area contributed by atoms with Crippen LogP contribution in [-0.4, -0.2) is 9.55 Å². The highest BCUT2D eigenvalue weighted by atomic mass is 19.1. The number of benzene rings is 7. The molecule has 0 aliphatic heterocycles. The molecule has 0 N–H and O–H groups in total. The van der Waals surface area contributed by atoms with Crippen molar-refractivity contribution in [2.45, 2.75) is 6.92 Å². The van der Waals surface area contributed by atoms with Gasteiger partial charge in [-0.3, -0.25) is 0 Å². The molecule has 2 heterocycles.